The molecule has 2 N–H and O–H groups in total. The van der Waals surface area contributed by atoms with E-state index in [0.29, 0.717) is 24.3 Å². The highest BCUT2D eigenvalue weighted by molar-refractivity contribution is 9.10. The van der Waals surface area contributed by atoms with Crippen LogP contribution < -0.4 is 15.5 Å². The third-order valence-corrected chi connectivity index (χ3v) is 6.52. The molecule has 0 saturated heterocycles. The zero-order valence-electron chi connectivity index (χ0n) is 21.1. The fraction of sp³-hybridized carbons (Fsp3) is 0.107. The molecular formula is C28H24Br2N8O. The summed E-state index contributed by atoms with van der Waals surface area (Å²) in [7, 11) is 0. The van der Waals surface area contributed by atoms with Gasteiger partial charge < -0.3 is 10.1 Å². The van der Waals surface area contributed by atoms with Gasteiger partial charge in [-0.2, -0.15) is 25.2 Å². The Bertz CT molecular complexity index is 1620. The molecule has 2 heterocycles. The van der Waals surface area contributed by atoms with Crippen molar-refractivity contribution in [1.82, 2.24) is 24.7 Å². The molecule has 11 heteroatoms. The monoisotopic (exact) mass is 646 g/mol. The summed E-state index contributed by atoms with van der Waals surface area (Å²) in [5.41, 5.74) is 7.39. The molecule has 2 aromatic heterocycles. The zero-order valence-corrected chi connectivity index (χ0v) is 24.3. The second kappa shape index (κ2) is 12.2. The summed E-state index contributed by atoms with van der Waals surface area (Å²) in [5.74, 6) is 1.69. The van der Waals surface area contributed by atoms with Crippen molar-refractivity contribution in [2.24, 2.45) is 5.10 Å². The maximum absolute atomic E-state index is 6.06. The van der Waals surface area contributed by atoms with Crippen molar-refractivity contribution in [3.8, 4) is 11.7 Å². The number of hydrogen-bond acceptors (Lipinski definition) is 8. The van der Waals surface area contributed by atoms with Crippen LogP contribution in [0.1, 0.15) is 22.5 Å². The lowest BCUT2D eigenvalue weighted by atomic mass is 10.2. The number of benzene rings is 3. The smallest absolute Gasteiger partial charge is 0.257 e. The first-order valence-electron chi connectivity index (χ1n) is 12.0. The number of ether oxygens (including phenoxy) is 1. The SMILES string of the molecule is Cc1cc(C)n(-c2nc(NN=Cc3ccccc3OCc3cccc(Br)c3)nc(Nc3ccc(Br)cc3)n2)n1. The summed E-state index contributed by atoms with van der Waals surface area (Å²) in [6.07, 6.45) is 1.67. The van der Waals surface area contributed by atoms with E-state index in [1.807, 2.05) is 92.7 Å². The second-order valence-electron chi connectivity index (χ2n) is 8.58. The summed E-state index contributed by atoms with van der Waals surface area (Å²) in [4.78, 5) is 13.6. The quantitative estimate of drug-likeness (QED) is 0.132. The molecule has 0 amide bonds. The van der Waals surface area contributed by atoms with Crippen LogP contribution >= 0.6 is 31.9 Å². The van der Waals surface area contributed by atoms with Crippen molar-refractivity contribution in [3.63, 3.8) is 0 Å². The molecule has 9 nitrogen and oxygen atoms in total. The molecule has 5 aromatic rings. The van der Waals surface area contributed by atoms with Gasteiger partial charge in [-0.15, -0.1) is 0 Å². The number of anilines is 3. The van der Waals surface area contributed by atoms with Crippen LogP contribution in [-0.4, -0.2) is 30.9 Å². The highest BCUT2D eigenvalue weighted by Gasteiger charge is 2.12. The molecule has 0 fully saturated rings. The molecular weight excluding hydrogens is 624 g/mol. The number of aromatic nitrogens is 5. The number of nitrogens with one attached hydrogen (secondary N) is 2. The second-order valence-corrected chi connectivity index (χ2v) is 10.4. The fourth-order valence-electron chi connectivity index (χ4n) is 3.73. The first-order valence-corrected chi connectivity index (χ1v) is 13.6. The van der Waals surface area contributed by atoms with Gasteiger partial charge in [0, 0.05) is 25.9 Å². The van der Waals surface area contributed by atoms with Crippen LogP contribution in [0.5, 0.6) is 5.75 Å². The van der Waals surface area contributed by atoms with E-state index in [4.69, 9.17) is 4.74 Å². The lowest BCUT2D eigenvalue weighted by Gasteiger charge is -2.10. The molecule has 196 valence electrons. The van der Waals surface area contributed by atoms with E-state index in [2.05, 4.69) is 67.8 Å². The average Bonchev–Trinajstić information content (AvgIpc) is 3.27. The highest BCUT2D eigenvalue weighted by Crippen LogP contribution is 2.21. The molecule has 0 atom stereocenters. The normalized spacial score (nSPS) is 11.1. The zero-order chi connectivity index (χ0) is 27.2. The molecule has 0 radical (unpaired) electrons. The van der Waals surface area contributed by atoms with E-state index >= 15 is 0 Å². The van der Waals surface area contributed by atoms with E-state index in [0.717, 1.165) is 37.1 Å². The van der Waals surface area contributed by atoms with Crippen LogP contribution in [0.3, 0.4) is 0 Å². The summed E-state index contributed by atoms with van der Waals surface area (Å²) in [5, 5.41) is 12.1. The van der Waals surface area contributed by atoms with E-state index in [1.54, 1.807) is 10.9 Å². The van der Waals surface area contributed by atoms with E-state index in [1.165, 1.54) is 0 Å². The minimum absolute atomic E-state index is 0.260. The Hall–Kier alpha value is -4.09. The van der Waals surface area contributed by atoms with Gasteiger partial charge >= 0.3 is 0 Å². The first kappa shape index (κ1) is 26.5. The van der Waals surface area contributed by atoms with Crippen LogP contribution in [0.15, 0.2) is 92.9 Å². The van der Waals surface area contributed by atoms with E-state index in [-0.39, 0.29) is 5.95 Å². The molecule has 0 aliphatic heterocycles. The largest absolute Gasteiger partial charge is 0.488 e. The minimum atomic E-state index is 0.260. The third kappa shape index (κ3) is 7.06. The van der Waals surface area contributed by atoms with Crippen molar-refractivity contribution in [3.05, 3.63) is 110 Å². The van der Waals surface area contributed by atoms with E-state index in [9.17, 15) is 0 Å². The molecule has 3 aromatic carbocycles. The molecule has 0 bridgehead atoms. The van der Waals surface area contributed by atoms with Crippen LogP contribution in [0.4, 0.5) is 17.6 Å². The highest BCUT2D eigenvalue weighted by atomic mass is 79.9. The minimum Gasteiger partial charge on any atom is -0.488 e. The average molecular weight is 648 g/mol. The predicted octanol–water partition coefficient (Wildman–Crippen LogP) is 6.97. The maximum atomic E-state index is 6.06. The summed E-state index contributed by atoms with van der Waals surface area (Å²) in [6.45, 7) is 4.30. The number of hydrazone groups is 1. The first-order chi connectivity index (χ1) is 18.9. The number of nitrogens with zero attached hydrogens (tertiary/aromatic N) is 6. The molecule has 0 aliphatic rings. The van der Waals surface area contributed by atoms with Crippen molar-refractivity contribution in [1.29, 1.82) is 0 Å². The van der Waals surface area contributed by atoms with Gasteiger partial charge in [-0.25, -0.2) is 10.1 Å². The van der Waals surface area contributed by atoms with Crippen LogP contribution in [0.2, 0.25) is 0 Å². The van der Waals surface area contributed by atoms with Gasteiger partial charge in [0.2, 0.25) is 11.9 Å². The molecule has 0 unspecified atom stereocenters. The summed E-state index contributed by atoms with van der Waals surface area (Å²) < 4.78 is 9.72. The Morgan fingerprint density at radius 3 is 2.44 bits per heavy atom. The Morgan fingerprint density at radius 2 is 1.67 bits per heavy atom. The Labute approximate surface area is 242 Å². The van der Waals surface area contributed by atoms with Gasteiger partial charge in [0.1, 0.15) is 12.4 Å². The third-order valence-electron chi connectivity index (χ3n) is 5.49. The summed E-state index contributed by atoms with van der Waals surface area (Å²) >= 11 is 6.95. The van der Waals surface area contributed by atoms with Gasteiger partial charge in [-0.05, 0) is 74.0 Å². The molecule has 0 saturated carbocycles. The van der Waals surface area contributed by atoms with Crippen molar-refractivity contribution >= 4 is 55.7 Å². The Kier molecular flexibility index (Phi) is 8.28. The van der Waals surface area contributed by atoms with Crippen LogP contribution in [-0.2, 0) is 6.61 Å². The lowest BCUT2D eigenvalue weighted by Crippen LogP contribution is -2.11. The molecule has 5 rings (SSSR count). The molecule has 0 spiro atoms. The van der Waals surface area contributed by atoms with Crippen molar-refractivity contribution in [2.75, 3.05) is 10.7 Å². The van der Waals surface area contributed by atoms with Crippen molar-refractivity contribution < 1.29 is 4.74 Å². The van der Waals surface area contributed by atoms with Gasteiger partial charge in [0.25, 0.3) is 5.95 Å². The van der Waals surface area contributed by atoms with Gasteiger partial charge in [-0.1, -0.05) is 56.1 Å². The predicted molar refractivity (Wildman–Crippen MR) is 160 cm³/mol. The Balaban J connectivity index is 1.37. The van der Waals surface area contributed by atoms with E-state index < -0.39 is 0 Å². The van der Waals surface area contributed by atoms with Crippen molar-refractivity contribution in [2.45, 2.75) is 20.5 Å². The number of halogens is 2. The van der Waals surface area contributed by atoms with Crippen LogP contribution in [0.25, 0.3) is 5.95 Å². The topological polar surface area (TPSA) is 102 Å². The number of rotatable bonds is 9. The lowest BCUT2D eigenvalue weighted by molar-refractivity contribution is 0.305. The van der Waals surface area contributed by atoms with Gasteiger partial charge in [-0.3, -0.25) is 0 Å². The Morgan fingerprint density at radius 1 is 0.872 bits per heavy atom. The molecule has 0 aliphatic carbocycles. The van der Waals surface area contributed by atoms with Gasteiger partial charge in [0.05, 0.1) is 11.9 Å². The number of hydrogen-bond donors (Lipinski definition) is 2. The van der Waals surface area contributed by atoms with Crippen LogP contribution in [0, 0.1) is 13.8 Å². The van der Waals surface area contributed by atoms with Gasteiger partial charge in [0.15, 0.2) is 0 Å². The number of aryl methyl sites for hydroxylation is 2. The number of para-hydroxylation sites is 1. The maximum Gasteiger partial charge on any atom is 0.257 e. The molecule has 39 heavy (non-hydrogen) atoms. The fourth-order valence-corrected chi connectivity index (χ4v) is 4.44. The summed E-state index contributed by atoms with van der Waals surface area (Å²) in [6, 6.07) is 25.4. The standard InChI is InChI=1S/C28H24Br2N8O/c1-18-14-19(2)38(37-18)28-34-26(32-24-12-10-22(29)11-13-24)33-27(35-28)36-31-16-21-7-3-4-9-25(21)39-17-20-6-5-8-23(30)15-20/h3-16H,17H2,1-2H3,(H2,32,33,34,35,36).